The second-order valence-corrected chi connectivity index (χ2v) is 5.42. The van der Waals surface area contributed by atoms with Crippen molar-refractivity contribution in [3.8, 4) is 0 Å². The minimum absolute atomic E-state index is 0.0129. The lowest BCUT2D eigenvalue weighted by Gasteiger charge is -2.18. The molecule has 1 aromatic carbocycles. The van der Waals surface area contributed by atoms with Crippen molar-refractivity contribution in [3.63, 3.8) is 0 Å². The topological polar surface area (TPSA) is 75.4 Å². The van der Waals surface area contributed by atoms with Gasteiger partial charge in [0.2, 0.25) is 0 Å². The van der Waals surface area contributed by atoms with E-state index in [0.29, 0.717) is 47.8 Å². The molecule has 2 amide bonds. The van der Waals surface area contributed by atoms with Crippen molar-refractivity contribution in [1.29, 1.82) is 0 Å². The van der Waals surface area contributed by atoms with Gasteiger partial charge in [0.05, 0.1) is 5.69 Å². The highest BCUT2D eigenvalue weighted by atomic mass is 16.5. The molecule has 0 atom stereocenters. The Bertz CT molecular complexity index is 716. The van der Waals surface area contributed by atoms with E-state index < -0.39 is 0 Å². The van der Waals surface area contributed by atoms with Crippen molar-refractivity contribution in [2.75, 3.05) is 18.4 Å². The van der Waals surface area contributed by atoms with E-state index in [1.807, 2.05) is 20.8 Å². The summed E-state index contributed by atoms with van der Waals surface area (Å²) in [7, 11) is 0. The Kier molecular flexibility index (Phi) is 5.73. The number of hydrogen-bond donors (Lipinski definition) is 1. The molecule has 0 spiro atoms. The molecule has 6 heteroatoms. The summed E-state index contributed by atoms with van der Waals surface area (Å²) in [6, 6.07) is 6.89. The summed E-state index contributed by atoms with van der Waals surface area (Å²) in [6.07, 6.45) is 0.622. The predicted molar refractivity (Wildman–Crippen MR) is 92.3 cm³/mol. The number of carbonyl (C=O) groups is 2. The Morgan fingerprint density at radius 3 is 2.29 bits per heavy atom. The predicted octanol–water partition coefficient (Wildman–Crippen LogP) is 3.28. The molecule has 0 radical (unpaired) electrons. The van der Waals surface area contributed by atoms with Crippen LogP contribution in [0.4, 0.5) is 5.69 Å². The number of nitrogens with one attached hydrogen (secondary N) is 1. The Hall–Kier alpha value is -2.63. The summed E-state index contributed by atoms with van der Waals surface area (Å²) in [6.45, 7) is 8.86. The first-order valence-electron chi connectivity index (χ1n) is 8.17. The number of anilines is 1. The average Bonchev–Trinajstić information content (AvgIpc) is 2.97. The van der Waals surface area contributed by atoms with Crippen LogP contribution >= 0.6 is 0 Å². The fourth-order valence-corrected chi connectivity index (χ4v) is 2.53. The van der Waals surface area contributed by atoms with Crippen molar-refractivity contribution in [3.05, 3.63) is 46.8 Å². The summed E-state index contributed by atoms with van der Waals surface area (Å²) in [5.74, 6) is 0.229. The first-order valence-corrected chi connectivity index (χ1v) is 8.17. The minimum atomic E-state index is -0.256. The van der Waals surface area contributed by atoms with Gasteiger partial charge in [0, 0.05) is 24.3 Å². The summed E-state index contributed by atoms with van der Waals surface area (Å²) >= 11 is 0. The van der Waals surface area contributed by atoms with Gasteiger partial charge >= 0.3 is 0 Å². The van der Waals surface area contributed by atoms with Gasteiger partial charge in [-0.3, -0.25) is 9.59 Å². The fraction of sp³-hybridized carbons (Fsp3) is 0.389. The van der Waals surface area contributed by atoms with Gasteiger partial charge in [0.25, 0.3) is 11.8 Å². The molecule has 0 unspecified atom stereocenters. The van der Waals surface area contributed by atoms with Gasteiger partial charge in [-0.25, -0.2) is 0 Å². The molecule has 0 saturated carbocycles. The van der Waals surface area contributed by atoms with Crippen LogP contribution in [0, 0.1) is 6.92 Å². The SMILES string of the molecule is CCc1noc(C)c1C(=O)Nc1ccc(C(=O)N(CC)CC)cc1. The lowest BCUT2D eigenvalue weighted by atomic mass is 10.1. The van der Waals surface area contributed by atoms with Gasteiger partial charge in [0.1, 0.15) is 11.3 Å². The number of carbonyl (C=O) groups excluding carboxylic acids is 2. The van der Waals surface area contributed by atoms with Gasteiger partial charge in [-0.05, 0) is 51.5 Å². The number of nitrogens with zero attached hydrogens (tertiary/aromatic N) is 2. The lowest BCUT2D eigenvalue weighted by Crippen LogP contribution is -2.30. The maximum atomic E-state index is 12.4. The summed E-state index contributed by atoms with van der Waals surface area (Å²) in [5.41, 5.74) is 2.34. The second kappa shape index (κ2) is 7.77. The molecule has 2 rings (SSSR count). The van der Waals surface area contributed by atoms with Gasteiger partial charge in [-0.1, -0.05) is 12.1 Å². The van der Waals surface area contributed by atoms with Crippen molar-refractivity contribution in [2.45, 2.75) is 34.1 Å². The Morgan fingerprint density at radius 2 is 1.75 bits per heavy atom. The van der Waals surface area contributed by atoms with E-state index in [1.165, 1.54) is 0 Å². The molecule has 0 bridgehead atoms. The standard InChI is InChI=1S/C18H23N3O3/c1-5-15-16(12(4)24-20-15)17(22)19-14-10-8-13(9-11-14)18(23)21(6-2)7-3/h8-11H,5-7H2,1-4H3,(H,19,22). The molecule has 6 nitrogen and oxygen atoms in total. The van der Waals surface area contributed by atoms with E-state index in [9.17, 15) is 9.59 Å². The molecule has 1 N–H and O–H groups in total. The van der Waals surface area contributed by atoms with Crippen LogP contribution in [-0.4, -0.2) is 35.0 Å². The van der Waals surface area contributed by atoms with Crippen LogP contribution in [0.5, 0.6) is 0 Å². The minimum Gasteiger partial charge on any atom is -0.361 e. The lowest BCUT2D eigenvalue weighted by molar-refractivity contribution is 0.0773. The van der Waals surface area contributed by atoms with E-state index in [1.54, 1.807) is 36.1 Å². The van der Waals surface area contributed by atoms with Gasteiger partial charge in [-0.15, -0.1) is 0 Å². The zero-order valence-corrected chi connectivity index (χ0v) is 14.5. The van der Waals surface area contributed by atoms with E-state index in [4.69, 9.17) is 4.52 Å². The van der Waals surface area contributed by atoms with Crippen molar-refractivity contribution in [1.82, 2.24) is 10.1 Å². The third-order valence-corrected chi connectivity index (χ3v) is 3.94. The number of aromatic nitrogens is 1. The zero-order chi connectivity index (χ0) is 17.7. The highest BCUT2D eigenvalue weighted by molar-refractivity contribution is 6.06. The molecule has 0 aliphatic heterocycles. The quantitative estimate of drug-likeness (QED) is 0.882. The molecule has 128 valence electrons. The van der Waals surface area contributed by atoms with Crippen molar-refractivity contribution >= 4 is 17.5 Å². The smallest absolute Gasteiger partial charge is 0.261 e. The van der Waals surface area contributed by atoms with Gasteiger partial charge in [-0.2, -0.15) is 0 Å². The highest BCUT2D eigenvalue weighted by Gasteiger charge is 2.19. The number of amides is 2. The van der Waals surface area contributed by atoms with Crippen LogP contribution in [0.1, 0.15) is 52.9 Å². The molecule has 0 aliphatic carbocycles. The number of rotatable bonds is 6. The van der Waals surface area contributed by atoms with Crippen LogP contribution in [0.3, 0.4) is 0 Å². The average molecular weight is 329 g/mol. The molecular weight excluding hydrogens is 306 g/mol. The largest absolute Gasteiger partial charge is 0.361 e. The first kappa shape index (κ1) is 17.7. The van der Waals surface area contributed by atoms with Crippen LogP contribution in [-0.2, 0) is 6.42 Å². The van der Waals surface area contributed by atoms with Crippen LogP contribution in [0.15, 0.2) is 28.8 Å². The summed E-state index contributed by atoms with van der Waals surface area (Å²) < 4.78 is 5.09. The third-order valence-electron chi connectivity index (χ3n) is 3.94. The molecule has 2 aromatic rings. The molecule has 0 fully saturated rings. The maximum Gasteiger partial charge on any atom is 0.261 e. The van der Waals surface area contributed by atoms with Crippen LogP contribution < -0.4 is 5.32 Å². The van der Waals surface area contributed by atoms with Crippen molar-refractivity contribution in [2.24, 2.45) is 0 Å². The van der Waals surface area contributed by atoms with E-state index in [-0.39, 0.29) is 11.8 Å². The van der Waals surface area contributed by atoms with Gasteiger partial charge < -0.3 is 14.7 Å². The van der Waals surface area contributed by atoms with E-state index in [0.717, 1.165) is 0 Å². The summed E-state index contributed by atoms with van der Waals surface area (Å²) in [5, 5.41) is 6.71. The first-order chi connectivity index (χ1) is 11.5. The molecule has 1 heterocycles. The Labute approximate surface area is 141 Å². The monoisotopic (exact) mass is 329 g/mol. The maximum absolute atomic E-state index is 12.4. The molecular formula is C18H23N3O3. The fourth-order valence-electron chi connectivity index (χ4n) is 2.53. The second-order valence-electron chi connectivity index (χ2n) is 5.42. The third kappa shape index (κ3) is 3.64. The normalized spacial score (nSPS) is 10.5. The highest BCUT2D eigenvalue weighted by Crippen LogP contribution is 2.17. The molecule has 0 aliphatic rings. The number of hydrogen-bond acceptors (Lipinski definition) is 4. The molecule has 24 heavy (non-hydrogen) atoms. The van der Waals surface area contributed by atoms with Crippen molar-refractivity contribution < 1.29 is 14.1 Å². The number of benzene rings is 1. The van der Waals surface area contributed by atoms with Crippen LogP contribution in [0.2, 0.25) is 0 Å². The summed E-state index contributed by atoms with van der Waals surface area (Å²) in [4.78, 5) is 26.4. The number of aryl methyl sites for hydroxylation is 2. The zero-order valence-electron chi connectivity index (χ0n) is 14.5. The molecule has 0 saturated heterocycles. The molecule has 1 aromatic heterocycles. The van der Waals surface area contributed by atoms with Gasteiger partial charge in [0.15, 0.2) is 0 Å². The van der Waals surface area contributed by atoms with Crippen LogP contribution in [0.25, 0.3) is 0 Å². The van der Waals surface area contributed by atoms with E-state index in [2.05, 4.69) is 10.5 Å². The van der Waals surface area contributed by atoms with E-state index >= 15 is 0 Å². The Balaban J connectivity index is 2.13. The Morgan fingerprint density at radius 1 is 1.12 bits per heavy atom.